The lowest BCUT2D eigenvalue weighted by Crippen LogP contribution is -2.24. The van der Waals surface area contributed by atoms with Gasteiger partial charge in [-0.25, -0.2) is 0 Å². The summed E-state index contributed by atoms with van der Waals surface area (Å²) < 4.78 is 0. The molecule has 0 spiro atoms. The van der Waals surface area contributed by atoms with E-state index in [1.165, 1.54) is 29.0 Å². The number of amidine groups is 1. The van der Waals surface area contributed by atoms with Gasteiger partial charge in [-0.2, -0.15) is 0 Å². The molecule has 1 aromatic rings. The summed E-state index contributed by atoms with van der Waals surface area (Å²) >= 11 is 1.84. The van der Waals surface area contributed by atoms with Crippen LogP contribution in [0.25, 0.3) is 0 Å². The molecule has 2 nitrogen and oxygen atoms in total. The van der Waals surface area contributed by atoms with E-state index in [9.17, 15) is 0 Å². The monoisotopic (exact) mass is 262 g/mol. The van der Waals surface area contributed by atoms with E-state index in [1.807, 2.05) is 11.8 Å². The van der Waals surface area contributed by atoms with Crippen molar-refractivity contribution in [2.75, 3.05) is 11.1 Å². The third kappa shape index (κ3) is 3.08. The molecule has 1 aliphatic heterocycles. The molecule has 3 heteroatoms. The molecule has 0 saturated heterocycles. The van der Waals surface area contributed by atoms with Gasteiger partial charge in [-0.05, 0) is 37.3 Å². The van der Waals surface area contributed by atoms with E-state index in [2.05, 4.69) is 51.2 Å². The zero-order valence-corrected chi connectivity index (χ0v) is 12.5. The summed E-state index contributed by atoms with van der Waals surface area (Å²) in [5.74, 6) is 1.79. The number of nitrogens with zero attached hydrogens (tertiary/aromatic N) is 1. The second kappa shape index (κ2) is 5.79. The first-order valence-corrected chi connectivity index (χ1v) is 7.60. The van der Waals surface area contributed by atoms with Gasteiger partial charge in [0.25, 0.3) is 0 Å². The first kappa shape index (κ1) is 13.5. The van der Waals surface area contributed by atoms with Gasteiger partial charge in [-0.3, -0.25) is 4.99 Å². The molecule has 18 heavy (non-hydrogen) atoms. The fraction of sp³-hybridized carbons (Fsp3) is 0.533. The van der Waals surface area contributed by atoms with Gasteiger partial charge in [0.05, 0.1) is 6.04 Å². The molecule has 0 aromatic heterocycles. The maximum atomic E-state index is 4.83. The average Bonchev–Trinajstić information content (AvgIpc) is 2.34. The number of benzene rings is 1. The Balaban J connectivity index is 2.18. The Morgan fingerprint density at radius 1 is 1.28 bits per heavy atom. The van der Waals surface area contributed by atoms with Crippen LogP contribution in [0.5, 0.6) is 0 Å². The van der Waals surface area contributed by atoms with Crippen molar-refractivity contribution in [3.05, 3.63) is 29.3 Å². The molecule has 1 atom stereocenters. The van der Waals surface area contributed by atoms with Crippen LogP contribution in [-0.4, -0.2) is 17.0 Å². The molecule has 1 N–H and O–H groups in total. The van der Waals surface area contributed by atoms with Crippen molar-refractivity contribution in [3.63, 3.8) is 0 Å². The second-order valence-electron chi connectivity index (χ2n) is 5.27. The van der Waals surface area contributed by atoms with E-state index in [0.29, 0.717) is 12.0 Å². The highest BCUT2D eigenvalue weighted by atomic mass is 32.2. The molecule has 0 radical (unpaired) electrons. The topological polar surface area (TPSA) is 24.4 Å². The Kier molecular flexibility index (Phi) is 4.33. The predicted octanol–water partition coefficient (Wildman–Crippen LogP) is 4.23. The number of anilines is 1. The van der Waals surface area contributed by atoms with Crippen molar-refractivity contribution >= 4 is 22.6 Å². The van der Waals surface area contributed by atoms with Crippen molar-refractivity contribution in [3.8, 4) is 0 Å². The molecule has 0 fully saturated rings. The van der Waals surface area contributed by atoms with Crippen LogP contribution >= 0.6 is 11.8 Å². The van der Waals surface area contributed by atoms with Crippen LogP contribution < -0.4 is 5.32 Å². The highest BCUT2D eigenvalue weighted by molar-refractivity contribution is 8.14. The zero-order chi connectivity index (χ0) is 13.1. The first-order chi connectivity index (χ1) is 8.58. The molecule has 0 bridgehead atoms. The second-order valence-corrected chi connectivity index (χ2v) is 6.36. The van der Waals surface area contributed by atoms with Crippen molar-refractivity contribution in [2.45, 2.75) is 40.2 Å². The molecule has 98 valence electrons. The standard InChI is InChI=1S/C15H22N2S/c1-10(2)13-8-9-18-15(16-13)17-14-11(3)6-5-7-12(14)4/h5-7,10,13H,8-9H2,1-4H3,(H,16,17). The van der Waals surface area contributed by atoms with Gasteiger partial charge in [0.2, 0.25) is 0 Å². The quantitative estimate of drug-likeness (QED) is 0.862. The molecule has 0 saturated carbocycles. The van der Waals surface area contributed by atoms with Gasteiger partial charge in [-0.15, -0.1) is 0 Å². The number of aliphatic imine (C=N–C) groups is 1. The van der Waals surface area contributed by atoms with Crippen molar-refractivity contribution < 1.29 is 0 Å². The fourth-order valence-electron chi connectivity index (χ4n) is 2.20. The van der Waals surface area contributed by atoms with E-state index in [0.717, 1.165) is 5.17 Å². The van der Waals surface area contributed by atoms with Crippen LogP contribution in [0.3, 0.4) is 0 Å². The number of hydrogen-bond acceptors (Lipinski definition) is 3. The molecular formula is C15H22N2S. The predicted molar refractivity (Wildman–Crippen MR) is 82.7 cm³/mol. The molecular weight excluding hydrogens is 240 g/mol. The summed E-state index contributed by atoms with van der Waals surface area (Å²) in [6.45, 7) is 8.79. The fourth-order valence-corrected chi connectivity index (χ4v) is 3.13. The van der Waals surface area contributed by atoms with Crippen LogP contribution in [0.15, 0.2) is 23.2 Å². The molecule has 0 amide bonds. The maximum absolute atomic E-state index is 4.83. The largest absolute Gasteiger partial charge is 0.335 e. The molecule has 0 aliphatic carbocycles. The van der Waals surface area contributed by atoms with Crippen LogP contribution in [-0.2, 0) is 0 Å². The van der Waals surface area contributed by atoms with Crippen molar-refractivity contribution in [2.24, 2.45) is 10.9 Å². The van der Waals surface area contributed by atoms with E-state index >= 15 is 0 Å². The number of para-hydroxylation sites is 1. The van der Waals surface area contributed by atoms with Gasteiger partial charge in [0.15, 0.2) is 5.17 Å². The lowest BCUT2D eigenvalue weighted by molar-refractivity contribution is 0.485. The van der Waals surface area contributed by atoms with E-state index < -0.39 is 0 Å². The third-order valence-corrected chi connectivity index (χ3v) is 4.34. The Morgan fingerprint density at radius 2 is 1.94 bits per heavy atom. The molecule has 1 unspecified atom stereocenters. The van der Waals surface area contributed by atoms with Crippen LogP contribution in [0.2, 0.25) is 0 Å². The summed E-state index contributed by atoms with van der Waals surface area (Å²) in [5.41, 5.74) is 3.78. The van der Waals surface area contributed by atoms with Crippen LogP contribution in [0.4, 0.5) is 5.69 Å². The first-order valence-electron chi connectivity index (χ1n) is 6.61. The molecule has 1 aliphatic rings. The summed E-state index contributed by atoms with van der Waals surface area (Å²) in [5, 5.41) is 4.60. The zero-order valence-electron chi connectivity index (χ0n) is 11.7. The summed E-state index contributed by atoms with van der Waals surface area (Å²) in [6, 6.07) is 6.85. The number of hydrogen-bond donors (Lipinski definition) is 1. The molecule has 1 heterocycles. The Morgan fingerprint density at radius 3 is 2.56 bits per heavy atom. The number of nitrogens with one attached hydrogen (secondary N) is 1. The summed E-state index contributed by atoms with van der Waals surface area (Å²) in [7, 11) is 0. The summed E-state index contributed by atoms with van der Waals surface area (Å²) in [6.07, 6.45) is 1.19. The normalized spacial score (nSPS) is 19.8. The molecule has 2 rings (SSSR count). The van der Waals surface area contributed by atoms with Crippen molar-refractivity contribution in [1.82, 2.24) is 0 Å². The van der Waals surface area contributed by atoms with Gasteiger partial charge < -0.3 is 5.32 Å². The number of rotatable bonds is 2. The van der Waals surface area contributed by atoms with Gasteiger partial charge in [0, 0.05) is 11.4 Å². The van der Waals surface area contributed by atoms with E-state index in [-0.39, 0.29) is 0 Å². The van der Waals surface area contributed by atoms with E-state index in [4.69, 9.17) is 4.99 Å². The Bertz CT molecular complexity index is 432. The van der Waals surface area contributed by atoms with Gasteiger partial charge in [-0.1, -0.05) is 43.8 Å². The minimum Gasteiger partial charge on any atom is -0.335 e. The maximum Gasteiger partial charge on any atom is 0.161 e. The highest BCUT2D eigenvalue weighted by Gasteiger charge is 2.19. The van der Waals surface area contributed by atoms with Gasteiger partial charge in [0.1, 0.15) is 0 Å². The SMILES string of the molecule is Cc1cccc(C)c1NC1=NC(C(C)C)CCS1. The lowest BCUT2D eigenvalue weighted by atomic mass is 10.0. The minimum absolute atomic E-state index is 0.470. The van der Waals surface area contributed by atoms with Crippen molar-refractivity contribution in [1.29, 1.82) is 0 Å². The Hall–Kier alpha value is -0.960. The highest BCUT2D eigenvalue weighted by Crippen LogP contribution is 2.26. The van der Waals surface area contributed by atoms with Gasteiger partial charge >= 0.3 is 0 Å². The summed E-state index contributed by atoms with van der Waals surface area (Å²) in [4.78, 5) is 4.83. The van der Waals surface area contributed by atoms with Crippen LogP contribution in [0.1, 0.15) is 31.4 Å². The lowest BCUT2D eigenvalue weighted by Gasteiger charge is -2.24. The van der Waals surface area contributed by atoms with E-state index in [1.54, 1.807) is 0 Å². The average molecular weight is 262 g/mol. The molecule has 1 aromatic carbocycles. The minimum atomic E-state index is 0.470. The number of thioether (sulfide) groups is 1. The smallest absolute Gasteiger partial charge is 0.161 e. The van der Waals surface area contributed by atoms with Crippen LogP contribution in [0, 0.1) is 19.8 Å². The number of aryl methyl sites for hydroxylation is 2. The Labute approximate surface area is 114 Å². The third-order valence-electron chi connectivity index (χ3n) is 3.42.